The van der Waals surface area contributed by atoms with E-state index in [1.165, 1.54) is 58.2 Å². The molecule has 2 N–H and O–H groups in total. The second-order valence-corrected chi connectivity index (χ2v) is 7.17. The second kappa shape index (κ2) is 10.7. The molecule has 0 spiro atoms. The summed E-state index contributed by atoms with van der Waals surface area (Å²) in [6.07, 6.45) is 8.02. The van der Waals surface area contributed by atoms with Crippen LogP contribution in [0.3, 0.4) is 0 Å². The van der Waals surface area contributed by atoms with Crippen molar-refractivity contribution in [2.45, 2.75) is 58.4 Å². The van der Waals surface area contributed by atoms with Gasteiger partial charge in [-0.2, -0.15) is 0 Å². The van der Waals surface area contributed by atoms with Crippen molar-refractivity contribution in [2.75, 3.05) is 33.2 Å². The van der Waals surface area contributed by atoms with Crippen LogP contribution in [0.5, 0.6) is 0 Å². The number of rotatable bonds is 5. The van der Waals surface area contributed by atoms with Gasteiger partial charge in [0.15, 0.2) is 5.96 Å². The van der Waals surface area contributed by atoms with Gasteiger partial charge in [-0.3, -0.25) is 4.99 Å². The van der Waals surface area contributed by atoms with Crippen molar-refractivity contribution in [3.05, 3.63) is 0 Å². The van der Waals surface area contributed by atoms with E-state index in [0.717, 1.165) is 18.4 Å². The molecule has 1 atom stereocenters. The fourth-order valence-electron chi connectivity index (χ4n) is 3.53. The monoisotopic (exact) mass is 422 g/mol. The lowest BCUT2D eigenvalue weighted by Crippen LogP contribution is -2.46. The van der Waals surface area contributed by atoms with Gasteiger partial charge >= 0.3 is 0 Å². The molecular formula is C17H35IN4. The summed E-state index contributed by atoms with van der Waals surface area (Å²) in [5.74, 6) is 2.56. The fraction of sp³-hybridized carbons (Fsp3) is 0.941. The first-order valence-corrected chi connectivity index (χ1v) is 8.87. The fourth-order valence-corrected chi connectivity index (χ4v) is 3.53. The van der Waals surface area contributed by atoms with Crippen LogP contribution in [0.4, 0.5) is 0 Å². The topological polar surface area (TPSA) is 39.7 Å². The van der Waals surface area contributed by atoms with Crippen LogP contribution in [0, 0.1) is 11.8 Å². The number of guanidine groups is 1. The molecule has 1 aliphatic heterocycles. The molecule has 1 aliphatic carbocycles. The number of likely N-dealkylation sites (tertiary alicyclic amines) is 1. The number of nitrogens with one attached hydrogen (secondary N) is 2. The van der Waals surface area contributed by atoms with E-state index in [1.807, 2.05) is 7.05 Å². The van der Waals surface area contributed by atoms with Gasteiger partial charge in [-0.25, -0.2) is 0 Å². The van der Waals surface area contributed by atoms with Gasteiger partial charge in [-0.15, -0.1) is 24.0 Å². The second-order valence-electron chi connectivity index (χ2n) is 7.17. The Bertz CT molecular complexity index is 321. The van der Waals surface area contributed by atoms with Crippen LogP contribution >= 0.6 is 24.0 Å². The van der Waals surface area contributed by atoms with Crippen LogP contribution in [-0.2, 0) is 0 Å². The molecule has 0 bridgehead atoms. The first-order valence-electron chi connectivity index (χ1n) is 8.87. The molecule has 0 aromatic rings. The summed E-state index contributed by atoms with van der Waals surface area (Å²) in [5.41, 5.74) is 0. The molecule has 1 saturated heterocycles. The summed E-state index contributed by atoms with van der Waals surface area (Å²) in [7, 11) is 1.88. The number of hydrogen-bond donors (Lipinski definition) is 2. The largest absolute Gasteiger partial charge is 0.356 e. The maximum Gasteiger partial charge on any atom is 0.191 e. The van der Waals surface area contributed by atoms with Gasteiger partial charge in [0.1, 0.15) is 0 Å². The molecule has 2 aliphatic rings. The summed E-state index contributed by atoms with van der Waals surface area (Å²) < 4.78 is 0. The Morgan fingerprint density at radius 3 is 2.41 bits per heavy atom. The van der Waals surface area contributed by atoms with Crippen molar-refractivity contribution in [1.82, 2.24) is 15.5 Å². The standard InChI is InChI=1S/C17H34N4.HI/c1-14-6-8-16(9-7-14)20-17(18-3)19-12-15(2)13-21-10-4-5-11-21;/h14-16H,4-13H2,1-3H3,(H2,18,19,20);1H. The van der Waals surface area contributed by atoms with E-state index in [2.05, 4.69) is 34.4 Å². The van der Waals surface area contributed by atoms with E-state index in [-0.39, 0.29) is 24.0 Å². The van der Waals surface area contributed by atoms with Gasteiger partial charge < -0.3 is 15.5 Å². The Morgan fingerprint density at radius 1 is 1.18 bits per heavy atom. The van der Waals surface area contributed by atoms with Gasteiger partial charge in [-0.05, 0) is 63.5 Å². The Balaban J connectivity index is 0.00000242. The molecule has 1 saturated carbocycles. The van der Waals surface area contributed by atoms with E-state index in [0.29, 0.717) is 12.0 Å². The SMILES string of the molecule is CN=C(NCC(C)CN1CCCC1)NC1CCC(C)CC1.I. The Morgan fingerprint density at radius 2 is 1.82 bits per heavy atom. The zero-order valence-electron chi connectivity index (χ0n) is 14.6. The van der Waals surface area contributed by atoms with Crippen molar-refractivity contribution < 1.29 is 0 Å². The average Bonchev–Trinajstić information content (AvgIpc) is 2.98. The van der Waals surface area contributed by atoms with Gasteiger partial charge in [0.05, 0.1) is 0 Å². The molecule has 22 heavy (non-hydrogen) atoms. The van der Waals surface area contributed by atoms with Gasteiger partial charge in [0.25, 0.3) is 0 Å². The minimum absolute atomic E-state index is 0. The van der Waals surface area contributed by atoms with Crippen LogP contribution in [0.1, 0.15) is 52.4 Å². The highest BCUT2D eigenvalue weighted by atomic mass is 127. The lowest BCUT2D eigenvalue weighted by Gasteiger charge is -2.29. The molecule has 0 aromatic heterocycles. The molecule has 5 heteroatoms. The molecule has 4 nitrogen and oxygen atoms in total. The van der Waals surface area contributed by atoms with Crippen LogP contribution in [-0.4, -0.2) is 50.1 Å². The summed E-state index contributed by atoms with van der Waals surface area (Å²) in [4.78, 5) is 6.97. The van der Waals surface area contributed by atoms with E-state index in [4.69, 9.17) is 0 Å². The first kappa shape index (κ1) is 20.0. The third kappa shape index (κ3) is 7.02. The highest BCUT2D eigenvalue weighted by molar-refractivity contribution is 14.0. The highest BCUT2D eigenvalue weighted by Crippen LogP contribution is 2.23. The Hall–Kier alpha value is -0.0400. The number of hydrogen-bond acceptors (Lipinski definition) is 2. The van der Waals surface area contributed by atoms with Crippen molar-refractivity contribution in [3.8, 4) is 0 Å². The zero-order chi connectivity index (χ0) is 15.1. The van der Waals surface area contributed by atoms with Crippen LogP contribution in [0.15, 0.2) is 4.99 Å². The molecule has 1 unspecified atom stereocenters. The van der Waals surface area contributed by atoms with Crippen LogP contribution in [0.2, 0.25) is 0 Å². The quantitative estimate of drug-likeness (QED) is 0.407. The molecule has 2 rings (SSSR count). The predicted molar refractivity (Wildman–Crippen MR) is 106 cm³/mol. The van der Waals surface area contributed by atoms with E-state index >= 15 is 0 Å². The number of aliphatic imine (C=N–C) groups is 1. The predicted octanol–water partition coefficient (Wildman–Crippen LogP) is 3.08. The third-order valence-corrected chi connectivity index (χ3v) is 4.97. The van der Waals surface area contributed by atoms with E-state index < -0.39 is 0 Å². The van der Waals surface area contributed by atoms with Crippen molar-refractivity contribution in [1.29, 1.82) is 0 Å². The lowest BCUT2D eigenvalue weighted by atomic mass is 9.87. The summed E-state index contributed by atoms with van der Waals surface area (Å²) in [6.45, 7) is 9.50. The van der Waals surface area contributed by atoms with Crippen LogP contribution < -0.4 is 10.6 Å². The van der Waals surface area contributed by atoms with Gasteiger partial charge in [0.2, 0.25) is 0 Å². The minimum atomic E-state index is 0. The summed E-state index contributed by atoms with van der Waals surface area (Å²) in [6, 6.07) is 0.612. The third-order valence-electron chi connectivity index (χ3n) is 4.97. The maximum absolute atomic E-state index is 4.39. The number of nitrogens with zero attached hydrogens (tertiary/aromatic N) is 2. The van der Waals surface area contributed by atoms with E-state index in [1.54, 1.807) is 0 Å². The molecule has 0 aromatic carbocycles. The maximum atomic E-state index is 4.39. The molecule has 2 fully saturated rings. The smallest absolute Gasteiger partial charge is 0.191 e. The number of halogens is 1. The van der Waals surface area contributed by atoms with Crippen molar-refractivity contribution in [2.24, 2.45) is 16.8 Å². The van der Waals surface area contributed by atoms with Crippen molar-refractivity contribution >= 4 is 29.9 Å². The average molecular weight is 422 g/mol. The molecule has 0 amide bonds. The molecule has 1 heterocycles. The highest BCUT2D eigenvalue weighted by Gasteiger charge is 2.19. The van der Waals surface area contributed by atoms with E-state index in [9.17, 15) is 0 Å². The van der Waals surface area contributed by atoms with Gasteiger partial charge in [-0.1, -0.05) is 13.8 Å². The Labute approximate surface area is 153 Å². The summed E-state index contributed by atoms with van der Waals surface area (Å²) >= 11 is 0. The lowest BCUT2D eigenvalue weighted by molar-refractivity contribution is 0.287. The zero-order valence-corrected chi connectivity index (χ0v) is 16.9. The Kier molecular flexibility index (Phi) is 9.71. The first-order chi connectivity index (χ1) is 10.2. The minimum Gasteiger partial charge on any atom is -0.356 e. The normalized spacial score (nSPS) is 28.0. The molecule has 130 valence electrons. The molecular weight excluding hydrogens is 387 g/mol. The van der Waals surface area contributed by atoms with Crippen LogP contribution in [0.25, 0.3) is 0 Å². The molecule has 0 radical (unpaired) electrons. The van der Waals surface area contributed by atoms with Gasteiger partial charge in [0, 0.05) is 26.2 Å². The summed E-state index contributed by atoms with van der Waals surface area (Å²) in [5, 5.41) is 7.11. The van der Waals surface area contributed by atoms with Crippen molar-refractivity contribution in [3.63, 3.8) is 0 Å².